The van der Waals surface area contributed by atoms with Crippen LogP contribution in [0.1, 0.15) is 36.2 Å². The van der Waals surface area contributed by atoms with E-state index in [1.54, 1.807) is 11.3 Å². The first kappa shape index (κ1) is 14.2. The molecule has 2 rings (SSSR count). The number of nitrogens with zero attached hydrogens (tertiary/aromatic N) is 3. The number of aromatic nitrogens is 3. The summed E-state index contributed by atoms with van der Waals surface area (Å²) < 4.78 is 2.04. The van der Waals surface area contributed by atoms with Crippen LogP contribution in [-0.4, -0.2) is 28.4 Å². The van der Waals surface area contributed by atoms with Gasteiger partial charge in [-0.1, -0.05) is 6.92 Å². The van der Waals surface area contributed by atoms with Crippen LogP contribution in [0.15, 0.2) is 5.38 Å². The fraction of sp³-hybridized carbons (Fsp3) is 0.571. The highest BCUT2D eigenvalue weighted by Crippen LogP contribution is 2.30. The maximum absolute atomic E-state index is 4.79. The Bertz CT molecular complexity index is 556. The fourth-order valence-electron chi connectivity index (χ4n) is 2.40. The Morgan fingerprint density at radius 2 is 2.16 bits per heavy atom. The summed E-state index contributed by atoms with van der Waals surface area (Å²) in [6, 6.07) is 0. The molecule has 0 saturated carbocycles. The van der Waals surface area contributed by atoms with Gasteiger partial charge in [-0.05, 0) is 27.8 Å². The molecule has 0 bridgehead atoms. The summed E-state index contributed by atoms with van der Waals surface area (Å²) in [5, 5.41) is 11.1. The van der Waals surface area contributed by atoms with Crippen molar-refractivity contribution in [1.29, 1.82) is 0 Å². The summed E-state index contributed by atoms with van der Waals surface area (Å²) in [7, 11) is 1.98. The third kappa shape index (κ3) is 2.72. The Labute approximate surface area is 118 Å². The van der Waals surface area contributed by atoms with Gasteiger partial charge < -0.3 is 5.32 Å². The summed E-state index contributed by atoms with van der Waals surface area (Å²) >= 11 is 1.74. The molecule has 0 aliphatic carbocycles. The average molecular weight is 278 g/mol. The molecule has 1 atom stereocenters. The van der Waals surface area contributed by atoms with Crippen molar-refractivity contribution in [2.75, 3.05) is 13.6 Å². The number of likely N-dealkylation sites (N-methyl/N-ethyl adjacent to an activating group) is 1. The molecule has 5 heteroatoms. The molecule has 2 aromatic heterocycles. The molecule has 0 spiro atoms. The van der Waals surface area contributed by atoms with Crippen LogP contribution in [0.5, 0.6) is 0 Å². The predicted molar refractivity (Wildman–Crippen MR) is 80.8 cm³/mol. The Morgan fingerprint density at radius 3 is 2.74 bits per heavy atom. The Hall–Kier alpha value is -1.20. The zero-order valence-corrected chi connectivity index (χ0v) is 13.1. The van der Waals surface area contributed by atoms with Crippen molar-refractivity contribution in [1.82, 2.24) is 20.1 Å². The zero-order valence-electron chi connectivity index (χ0n) is 12.3. The Kier molecular flexibility index (Phi) is 4.37. The van der Waals surface area contributed by atoms with E-state index in [1.807, 2.05) is 11.7 Å². The molecule has 0 aliphatic rings. The molecule has 2 heterocycles. The fourth-order valence-corrected chi connectivity index (χ4v) is 3.27. The number of thiazole rings is 1. The van der Waals surface area contributed by atoms with Crippen LogP contribution in [0.25, 0.3) is 11.3 Å². The third-order valence-electron chi connectivity index (χ3n) is 3.39. The monoisotopic (exact) mass is 278 g/mol. The minimum Gasteiger partial charge on any atom is -0.319 e. The predicted octanol–water partition coefficient (Wildman–Crippen LogP) is 2.97. The lowest BCUT2D eigenvalue weighted by Gasteiger charge is -2.06. The molecular weight excluding hydrogens is 256 g/mol. The first-order valence-electron chi connectivity index (χ1n) is 6.72. The van der Waals surface area contributed by atoms with Crippen molar-refractivity contribution in [2.45, 2.75) is 40.2 Å². The lowest BCUT2D eigenvalue weighted by molar-refractivity contribution is 0.634. The topological polar surface area (TPSA) is 42.7 Å². The molecule has 0 amide bonds. The molecule has 104 valence electrons. The van der Waals surface area contributed by atoms with E-state index in [0.717, 1.165) is 24.5 Å². The lowest BCUT2D eigenvalue weighted by atomic mass is 10.1. The van der Waals surface area contributed by atoms with E-state index in [9.17, 15) is 0 Å². The summed E-state index contributed by atoms with van der Waals surface area (Å²) in [5.74, 6) is 0.450. The normalized spacial score (nSPS) is 12.9. The number of hydrogen-bond donors (Lipinski definition) is 1. The number of hydrogen-bond acceptors (Lipinski definition) is 4. The van der Waals surface area contributed by atoms with Crippen LogP contribution >= 0.6 is 11.3 Å². The van der Waals surface area contributed by atoms with Gasteiger partial charge in [0.05, 0.1) is 16.4 Å². The van der Waals surface area contributed by atoms with E-state index < -0.39 is 0 Å². The summed E-state index contributed by atoms with van der Waals surface area (Å²) in [4.78, 5) is 4.79. The van der Waals surface area contributed by atoms with Crippen molar-refractivity contribution in [2.24, 2.45) is 0 Å². The second kappa shape index (κ2) is 5.84. The summed E-state index contributed by atoms with van der Waals surface area (Å²) in [6.45, 7) is 10.4. The van der Waals surface area contributed by atoms with E-state index in [1.165, 1.54) is 16.3 Å². The molecular formula is C14H22N4S. The first-order chi connectivity index (χ1) is 9.08. The molecule has 0 radical (unpaired) electrons. The van der Waals surface area contributed by atoms with Gasteiger partial charge in [0.25, 0.3) is 0 Å². The standard InChI is InChI=1S/C14H22N4S/c1-6-18-11(4)13(10(3)17-18)12-8-19-14(16-12)9(2)7-15-5/h8-9,15H,6-7H2,1-5H3. The summed E-state index contributed by atoms with van der Waals surface area (Å²) in [6.07, 6.45) is 0. The van der Waals surface area contributed by atoms with Gasteiger partial charge in [-0.2, -0.15) is 5.10 Å². The van der Waals surface area contributed by atoms with Gasteiger partial charge in [0.1, 0.15) is 0 Å². The highest BCUT2D eigenvalue weighted by Gasteiger charge is 2.17. The van der Waals surface area contributed by atoms with Gasteiger partial charge in [-0.3, -0.25) is 4.68 Å². The maximum atomic E-state index is 4.79. The van der Waals surface area contributed by atoms with Crippen LogP contribution in [0.4, 0.5) is 0 Å². The van der Waals surface area contributed by atoms with E-state index in [2.05, 4.69) is 43.5 Å². The van der Waals surface area contributed by atoms with Crippen LogP contribution in [0.2, 0.25) is 0 Å². The second-order valence-corrected chi connectivity index (χ2v) is 5.78. The van der Waals surface area contributed by atoms with Crippen LogP contribution < -0.4 is 5.32 Å². The van der Waals surface area contributed by atoms with Crippen molar-refractivity contribution in [3.8, 4) is 11.3 Å². The molecule has 0 saturated heterocycles. The number of nitrogens with one attached hydrogen (secondary N) is 1. The second-order valence-electron chi connectivity index (χ2n) is 4.89. The number of rotatable bonds is 5. The Balaban J connectivity index is 2.35. The van der Waals surface area contributed by atoms with Crippen LogP contribution in [-0.2, 0) is 6.54 Å². The van der Waals surface area contributed by atoms with Crippen molar-refractivity contribution >= 4 is 11.3 Å². The highest BCUT2D eigenvalue weighted by atomic mass is 32.1. The lowest BCUT2D eigenvalue weighted by Crippen LogP contribution is -2.14. The van der Waals surface area contributed by atoms with Crippen molar-refractivity contribution in [3.63, 3.8) is 0 Å². The molecule has 4 nitrogen and oxygen atoms in total. The number of aryl methyl sites for hydroxylation is 2. The molecule has 0 aliphatic heterocycles. The van der Waals surface area contributed by atoms with E-state index >= 15 is 0 Å². The molecule has 2 aromatic rings. The summed E-state index contributed by atoms with van der Waals surface area (Å²) in [5.41, 5.74) is 4.54. The molecule has 0 aromatic carbocycles. The Morgan fingerprint density at radius 1 is 1.42 bits per heavy atom. The van der Waals surface area contributed by atoms with Gasteiger partial charge >= 0.3 is 0 Å². The van der Waals surface area contributed by atoms with Gasteiger partial charge in [-0.15, -0.1) is 11.3 Å². The third-order valence-corrected chi connectivity index (χ3v) is 4.47. The zero-order chi connectivity index (χ0) is 14.0. The minimum absolute atomic E-state index is 0.450. The van der Waals surface area contributed by atoms with Gasteiger partial charge in [0, 0.05) is 35.6 Å². The molecule has 19 heavy (non-hydrogen) atoms. The van der Waals surface area contributed by atoms with Crippen molar-refractivity contribution < 1.29 is 0 Å². The van der Waals surface area contributed by atoms with E-state index in [4.69, 9.17) is 4.98 Å². The van der Waals surface area contributed by atoms with Gasteiger partial charge in [0.2, 0.25) is 0 Å². The largest absolute Gasteiger partial charge is 0.319 e. The maximum Gasteiger partial charge on any atom is 0.0973 e. The smallest absolute Gasteiger partial charge is 0.0973 e. The van der Waals surface area contributed by atoms with Gasteiger partial charge in [-0.25, -0.2) is 4.98 Å². The highest BCUT2D eigenvalue weighted by molar-refractivity contribution is 7.10. The van der Waals surface area contributed by atoms with Gasteiger partial charge in [0.15, 0.2) is 0 Å². The van der Waals surface area contributed by atoms with E-state index in [-0.39, 0.29) is 0 Å². The SMILES string of the molecule is CCn1nc(C)c(-c2csc(C(C)CNC)n2)c1C. The quantitative estimate of drug-likeness (QED) is 0.914. The van der Waals surface area contributed by atoms with Crippen LogP contribution in [0, 0.1) is 13.8 Å². The molecule has 0 fully saturated rings. The van der Waals surface area contributed by atoms with Crippen molar-refractivity contribution in [3.05, 3.63) is 21.8 Å². The van der Waals surface area contributed by atoms with E-state index in [0.29, 0.717) is 5.92 Å². The first-order valence-corrected chi connectivity index (χ1v) is 7.60. The minimum atomic E-state index is 0.450. The average Bonchev–Trinajstić information content (AvgIpc) is 2.94. The van der Waals surface area contributed by atoms with Crippen LogP contribution in [0.3, 0.4) is 0 Å². The molecule has 1 N–H and O–H groups in total. The molecule has 1 unspecified atom stereocenters.